The zero-order valence-electron chi connectivity index (χ0n) is 10.9. The first-order valence-electron chi connectivity index (χ1n) is 6.71. The molecule has 0 aliphatic carbocycles. The van der Waals surface area contributed by atoms with Crippen LogP contribution in [0.15, 0.2) is 0 Å². The molecule has 0 aromatic rings. The molecule has 2 aliphatic rings. The van der Waals surface area contributed by atoms with Crippen LogP contribution < -0.4 is 5.32 Å². The number of likely N-dealkylation sites (tertiary alicyclic amines) is 1. The molecule has 2 saturated heterocycles. The van der Waals surface area contributed by atoms with Crippen LogP contribution in [-0.4, -0.2) is 49.8 Å². The van der Waals surface area contributed by atoms with Crippen molar-refractivity contribution in [3.63, 3.8) is 0 Å². The van der Waals surface area contributed by atoms with Crippen LogP contribution in [0.1, 0.15) is 33.1 Å². The standard InChI is InChI=1S/C13H26N2O/c1-10-9-15(3)11(2)8-13(10)14-12-4-6-16-7-5-12/h10-14H,4-9H2,1-3H3. The maximum atomic E-state index is 5.41. The van der Waals surface area contributed by atoms with Gasteiger partial charge in [-0.3, -0.25) is 0 Å². The van der Waals surface area contributed by atoms with Crippen molar-refractivity contribution >= 4 is 0 Å². The molecule has 0 aromatic carbocycles. The number of hydrogen-bond donors (Lipinski definition) is 1. The second-order valence-corrected chi connectivity index (χ2v) is 5.66. The molecule has 2 heterocycles. The van der Waals surface area contributed by atoms with E-state index >= 15 is 0 Å². The molecular formula is C13H26N2O. The van der Waals surface area contributed by atoms with Crippen LogP contribution in [0.4, 0.5) is 0 Å². The van der Waals surface area contributed by atoms with Gasteiger partial charge in [-0.05, 0) is 39.2 Å². The molecule has 0 spiro atoms. The van der Waals surface area contributed by atoms with Crippen LogP contribution >= 0.6 is 0 Å². The summed E-state index contributed by atoms with van der Waals surface area (Å²) in [7, 11) is 2.24. The van der Waals surface area contributed by atoms with E-state index in [0.717, 1.165) is 19.1 Å². The van der Waals surface area contributed by atoms with Crippen molar-refractivity contribution in [3.05, 3.63) is 0 Å². The van der Waals surface area contributed by atoms with E-state index in [1.54, 1.807) is 0 Å². The number of nitrogens with one attached hydrogen (secondary N) is 1. The van der Waals surface area contributed by atoms with E-state index in [2.05, 4.69) is 31.1 Å². The molecule has 16 heavy (non-hydrogen) atoms. The third kappa shape index (κ3) is 2.96. The summed E-state index contributed by atoms with van der Waals surface area (Å²) in [6.45, 7) is 7.81. The molecule has 3 unspecified atom stereocenters. The van der Waals surface area contributed by atoms with Crippen LogP contribution in [0.2, 0.25) is 0 Å². The molecule has 3 heteroatoms. The van der Waals surface area contributed by atoms with Crippen molar-refractivity contribution in [1.82, 2.24) is 10.2 Å². The summed E-state index contributed by atoms with van der Waals surface area (Å²) in [4.78, 5) is 2.48. The molecule has 0 aromatic heterocycles. The molecule has 3 atom stereocenters. The van der Waals surface area contributed by atoms with Gasteiger partial charge in [0, 0.05) is 37.9 Å². The van der Waals surface area contributed by atoms with Crippen molar-refractivity contribution < 1.29 is 4.74 Å². The third-order valence-corrected chi connectivity index (χ3v) is 4.28. The Balaban J connectivity index is 1.83. The van der Waals surface area contributed by atoms with Gasteiger partial charge >= 0.3 is 0 Å². The number of hydrogen-bond acceptors (Lipinski definition) is 3. The first-order valence-corrected chi connectivity index (χ1v) is 6.71. The number of nitrogens with zero attached hydrogens (tertiary/aromatic N) is 1. The van der Waals surface area contributed by atoms with Gasteiger partial charge in [-0.15, -0.1) is 0 Å². The SMILES string of the molecule is CC1CN(C)C(C)CC1NC1CCOCC1. The predicted molar refractivity (Wildman–Crippen MR) is 66.6 cm³/mol. The van der Waals surface area contributed by atoms with E-state index in [0.29, 0.717) is 18.1 Å². The summed E-state index contributed by atoms with van der Waals surface area (Å²) >= 11 is 0. The van der Waals surface area contributed by atoms with Gasteiger partial charge in [-0.2, -0.15) is 0 Å². The molecule has 2 fully saturated rings. The lowest BCUT2D eigenvalue weighted by Gasteiger charge is -2.42. The number of ether oxygens (including phenoxy) is 1. The normalized spacial score (nSPS) is 38.8. The minimum Gasteiger partial charge on any atom is -0.381 e. The molecule has 3 nitrogen and oxygen atoms in total. The first kappa shape index (κ1) is 12.3. The van der Waals surface area contributed by atoms with Crippen LogP contribution in [0.25, 0.3) is 0 Å². The molecular weight excluding hydrogens is 200 g/mol. The second kappa shape index (κ2) is 5.48. The Bertz CT molecular complexity index is 216. The smallest absolute Gasteiger partial charge is 0.0480 e. The van der Waals surface area contributed by atoms with E-state index in [1.165, 1.54) is 25.8 Å². The average Bonchev–Trinajstić information content (AvgIpc) is 2.27. The van der Waals surface area contributed by atoms with E-state index in [1.807, 2.05) is 0 Å². The van der Waals surface area contributed by atoms with Crippen molar-refractivity contribution in [2.75, 3.05) is 26.8 Å². The minimum atomic E-state index is 0.691. The largest absolute Gasteiger partial charge is 0.381 e. The van der Waals surface area contributed by atoms with Gasteiger partial charge < -0.3 is 15.0 Å². The van der Waals surface area contributed by atoms with Crippen LogP contribution in [0, 0.1) is 5.92 Å². The fourth-order valence-electron chi connectivity index (χ4n) is 2.94. The molecule has 1 N–H and O–H groups in total. The van der Waals surface area contributed by atoms with Crippen molar-refractivity contribution in [2.45, 2.75) is 51.2 Å². The van der Waals surface area contributed by atoms with Crippen molar-refractivity contribution in [3.8, 4) is 0 Å². The zero-order chi connectivity index (χ0) is 11.5. The van der Waals surface area contributed by atoms with Gasteiger partial charge in [0.2, 0.25) is 0 Å². The van der Waals surface area contributed by atoms with E-state index in [9.17, 15) is 0 Å². The summed E-state index contributed by atoms with van der Waals surface area (Å²) in [5.41, 5.74) is 0. The van der Waals surface area contributed by atoms with Gasteiger partial charge in [0.05, 0.1) is 0 Å². The minimum absolute atomic E-state index is 0.691. The van der Waals surface area contributed by atoms with Gasteiger partial charge in [0.1, 0.15) is 0 Å². The van der Waals surface area contributed by atoms with E-state index in [-0.39, 0.29) is 0 Å². The second-order valence-electron chi connectivity index (χ2n) is 5.66. The Morgan fingerprint density at radius 1 is 1.19 bits per heavy atom. The molecule has 0 amide bonds. The highest BCUT2D eigenvalue weighted by Crippen LogP contribution is 2.22. The summed E-state index contributed by atoms with van der Waals surface area (Å²) < 4.78 is 5.41. The molecule has 2 rings (SSSR count). The predicted octanol–water partition coefficient (Wildman–Crippen LogP) is 1.48. The molecule has 0 saturated carbocycles. The molecule has 0 bridgehead atoms. The molecule has 2 aliphatic heterocycles. The van der Waals surface area contributed by atoms with Crippen LogP contribution in [-0.2, 0) is 4.74 Å². The fraction of sp³-hybridized carbons (Fsp3) is 1.00. The highest BCUT2D eigenvalue weighted by molar-refractivity contribution is 4.88. The van der Waals surface area contributed by atoms with Gasteiger partial charge in [0.25, 0.3) is 0 Å². The summed E-state index contributed by atoms with van der Waals surface area (Å²) in [6.07, 6.45) is 3.66. The maximum absolute atomic E-state index is 5.41. The highest BCUT2D eigenvalue weighted by atomic mass is 16.5. The Kier molecular flexibility index (Phi) is 4.22. The first-order chi connectivity index (χ1) is 7.66. The Morgan fingerprint density at radius 3 is 2.56 bits per heavy atom. The zero-order valence-corrected chi connectivity index (χ0v) is 10.9. The fourth-order valence-corrected chi connectivity index (χ4v) is 2.94. The maximum Gasteiger partial charge on any atom is 0.0480 e. The Morgan fingerprint density at radius 2 is 1.88 bits per heavy atom. The number of rotatable bonds is 2. The van der Waals surface area contributed by atoms with Gasteiger partial charge in [-0.25, -0.2) is 0 Å². The average molecular weight is 226 g/mol. The molecule has 0 radical (unpaired) electrons. The van der Waals surface area contributed by atoms with Crippen LogP contribution in [0.3, 0.4) is 0 Å². The summed E-state index contributed by atoms with van der Waals surface area (Å²) in [5.74, 6) is 0.768. The van der Waals surface area contributed by atoms with Crippen molar-refractivity contribution in [2.24, 2.45) is 5.92 Å². The molecule has 94 valence electrons. The van der Waals surface area contributed by atoms with E-state index in [4.69, 9.17) is 4.74 Å². The quantitative estimate of drug-likeness (QED) is 0.772. The van der Waals surface area contributed by atoms with Crippen LogP contribution in [0.5, 0.6) is 0 Å². The summed E-state index contributed by atoms with van der Waals surface area (Å²) in [6, 6.07) is 2.11. The summed E-state index contributed by atoms with van der Waals surface area (Å²) in [5, 5.41) is 3.85. The Labute approximate surface area is 99.5 Å². The monoisotopic (exact) mass is 226 g/mol. The van der Waals surface area contributed by atoms with Gasteiger partial charge in [-0.1, -0.05) is 6.92 Å². The lowest BCUT2D eigenvalue weighted by molar-refractivity contribution is 0.0595. The highest BCUT2D eigenvalue weighted by Gasteiger charge is 2.30. The van der Waals surface area contributed by atoms with E-state index < -0.39 is 0 Å². The Hall–Kier alpha value is -0.120. The lowest BCUT2D eigenvalue weighted by atomic mass is 9.88. The third-order valence-electron chi connectivity index (χ3n) is 4.28. The van der Waals surface area contributed by atoms with Crippen molar-refractivity contribution in [1.29, 1.82) is 0 Å². The lowest BCUT2D eigenvalue weighted by Crippen LogP contribution is -2.54. The topological polar surface area (TPSA) is 24.5 Å². The number of piperidine rings is 1. The van der Waals surface area contributed by atoms with Gasteiger partial charge in [0.15, 0.2) is 0 Å².